The molecule has 1 aromatic heterocycles. The number of Topliss-reactive ketones (excluding diaryl/α,β-unsaturated/α-hetero) is 1. The number of rotatable bonds is 9. The van der Waals surface area contributed by atoms with Crippen molar-refractivity contribution in [1.82, 2.24) is 25.4 Å². The summed E-state index contributed by atoms with van der Waals surface area (Å²) in [4.78, 5) is 75.4. The number of aromatic nitrogens is 1. The SMILES string of the molecule is CC1(C)[C@@H]2[C@@H](C(=O)N[C@@H](C[C@@H]3CCNC3=O)C(=O)c3nc4ccccc4s3)N(C(=O)[C@@H]3CC(=O)N(Cc4ccccc4)C3)C[C@@H]21. The summed E-state index contributed by atoms with van der Waals surface area (Å²) in [6, 6.07) is 15.5. The van der Waals surface area contributed by atoms with Crippen LogP contribution in [-0.4, -0.2) is 75.9 Å². The molecule has 0 spiro atoms. The number of para-hydroxylation sites is 1. The molecular weight excluding hydrogens is 590 g/mol. The highest BCUT2D eigenvalue weighted by Gasteiger charge is 2.69. The van der Waals surface area contributed by atoms with Gasteiger partial charge in [0.15, 0.2) is 5.01 Å². The first kappa shape index (κ1) is 29.6. The Morgan fingerprint density at radius 3 is 2.56 bits per heavy atom. The molecule has 2 aromatic carbocycles. The minimum Gasteiger partial charge on any atom is -0.356 e. The van der Waals surface area contributed by atoms with Gasteiger partial charge in [-0.2, -0.15) is 0 Å². The molecule has 1 aliphatic carbocycles. The molecule has 3 aliphatic heterocycles. The Bertz CT molecular complexity index is 1660. The average Bonchev–Trinajstić information content (AvgIpc) is 3.65. The summed E-state index contributed by atoms with van der Waals surface area (Å²) in [5.41, 5.74) is 1.58. The van der Waals surface area contributed by atoms with Gasteiger partial charge in [-0.1, -0.05) is 56.3 Å². The van der Waals surface area contributed by atoms with Crippen LogP contribution in [-0.2, 0) is 25.7 Å². The number of likely N-dealkylation sites (tertiary alicyclic amines) is 2. The Hall–Kier alpha value is -4.12. The third kappa shape index (κ3) is 5.41. The molecule has 234 valence electrons. The molecule has 2 N–H and O–H groups in total. The van der Waals surface area contributed by atoms with Crippen LogP contribution in [0.1, 0.15) is 48.5 Å². The number of amides is 4. The van der Waals surface area contributed by atoms with Gasteiger partial charge in [0, 0.05) is 38.5 Å². The monoisotopic (exact) mass is 627 g/mol. The van der Waals surface area contributed by atoms with Crippen molar-refractivity contribution in [2.24, 2.45) is 29.1 Å². The Kier molecular flexibility index (Phi) is 7.46. The maximum Gasteiger partial charge on any atom is 0.243 e. The molecule has 4 fully saturated rings. The number of ketones is 1. The van der Waals surface area contributed by atoms with Crippen LogP contribution in [0.15, 0.2) is 54.6 Å². The second-order valence-electron chi connectivity index (χ2n) is 13.5. The normalized spacial score (nSPS) is 27.4. The number of nitrogens with one attached hydrogen (secondary N) is 2. The van der Waals surface area contributed by atoms with Gasteiger partial charge in [0.05, 0.1) is 22.2 Å². The summed E-state index contributed by atoms with van der Waals surface area (Å²) < 4.78 is 0.868. The number of carbonyl (C=O) groups excluding carboxylic acids is 5. The fraction of sp³-hybridized carbons (Fsp3) is 0.471. The first-order valence-corrected chi connectivity index (χ1v) is 16.5. The molecule has 7 rings (SSSR count). The third-order valence-electron chi connectivity index (χ3n) is 10.4. The molecule has 11 heteroatoms. The van der Waals surface area contributed by atoms with Crippen molar-refractivity contribution in [2.75, 3.05) is 19.6 Å². The first-order chi connectivity index (χ1) is 21.6. The number of hydrogen-bond acceptors (Lipinski definition) is 7. The van der Waals surface area contributed by atoms with Gasteiger partial charge in [-0.05, 0) is 47.8 Å². The van der Waals surface area contributed by atoms with Crippen LogP contribution in [0.4, 0.5) is 0 Å². The van der Waals surface area contributed by atoms with Crippen LogP contribution in [0.25, 0.3) is 10.2 Å². The highest BCUT2D eigenvalue weighted by molar-refractivity contribution is 7.20. The highest BCUT2D eigenvalue weighted by Crippen LogP contribution is 2.65. The second-order valence-corrected chi connectivity index (χ2v) is 14.5. The lowest BCUT2D eigenvalue weighted by Crippen LogP contribution is -2.55. The number of piperidine rings is 1. The second kappa shape index (κ2) is 11.3. The van der Waals surface area contributed by atoms with Crippen molar-refractivity contribution in [3.63, 3.8) is 0 Å². The van der Waals surface area contributed by atoms with E-state index in [4.69, 9.17) is 0 Å². The zero-order chi connectivity index (χ0) is 31.5. The lowest BCUT2D eigenvalue weighted by Gasteiger charge is -2.33. The number of hydrogen-bond donors (Lipinski definition) is 2. The van der Waals surface area contributed by atoms with Gasteiger partial charge in [0.1, 0.15) is 6.04 Å². The summed E-state index contributed by atoms with van der Waals surface area (Å²) in [5.74, 6) is -1.92. The van der Waals surface area contributed by atoms with Crippen molar-refractivity contribution >= 4 is 51.0 Å². The maximum absolute atomic E-state index is 14.2. The number of nitrogens with zero attached hydrogens (tertiary/aromatic N) is 3. The highest BCUT2D eigenvalue weighted by atomic mass is 32.1. The zero-order valence-corrected chi connectivity index (χ0v) is 26.2. The molecule has 3 aromatic rings. The molecule has 4 amide bonds. The van der Waals surface area contributed by atoms with E-state index in [-0.39, 0.29) is 64.5 Å². The molecule has 3 saturated heterocycles. The molecule has 45 heavy (non-hydrogen) atoms. The van der Waals surface area contributed by atoms with Crippen molar-refractivity contribution in [2.45, 2.75) is 51.7 Å². The Balaban J connectivity index is 1.11. The molecule has 1 saturated carbocycles. The Morgan fingerprint density at radius 1 is 1.07 bits per heavy atom. The third-order valence-corrected chi connectivity index (χ3v) is 11.4. The molecule has 0 radical (unpaired) electrons. The topological polar surface area (TPSA) is 129 Å². The van der Waals surface area contributed by atoms with Crippen LogP contribution >= 0.6 is 11.3 Å². The van der Waals surface area contributed by atoms with E-state index in [0.717, 1.165) is 10.3 Å². The zero-order valence-electron chi connectivity index (χ0n) is 25.4. The van der Waals surface area contributed by atoms with E-state index < -0.39 is 23.9 Å². The van der Waals surface area contributed by atoms with Gasteiger partial charge in [0.25, 0.3) is 0 Å². The summed E-state index contributed by atoms with van der Waals surface area (Å²) in [6.07, 6.45) is 0.861. The summed E-state index contributed by atoms with van der Waals surface area (Å²) in [7, 11) is 0. The van der Waals surface area contributed by atoms with Gasteiger partial charge in [-0.15, -0.1) is 11.3 Å². The predicted molar refractivity (Wildman–Crippen MR) is 168 cm³/mol. The Labute approximate surface area is 265 Å². The summed E-state index contributed by atoms with van der Waals surface area (Å²) in [5, 5.41) is 6.10. The molecule has 0 bridgehead atoms. The van der Waals surface area contributed by atoms with Gasteiger partial charge in [-0.25, -0.2) is 4.98 Å². The Morgan fingerprint density at radius 2 is 1.82 bits per heavy atom. The fourth-order valence-corrected chi connectivity index (χ4v) is 8.67. The van der Waals surface area contributed by atoms with Crippen molar-refractivity contribution < 1.29 is 24.0 Å². The molecule has 10 nitrogen and oxygen atoms in total. The smallest absolute Gasteiger partial charge is 0.243 e. The molecule has 4 heterocycles. The average molecular weight is 628 g/mol. The largest absolute Gasteiger partial charge is 0.356 e. The van der Waals surface area contributed by atoms with E-state index >= 15 is 0 Å². The molecule has 6 atom stereocenters. The van der Waals surface area contributed by atoms with Crippen LogP contribution < -0.4 is 10.6 Å². The van der Waals surface area contributed by atoms with Crippen molar-refractivity contribution in [3.05, 3.63) is 65.2 Å². The maximum atomic E-state index is 14.2. The predicted octanol–water partition coefficient (Wildman–Crippen LogP) is 3.02. The van der Waals surface area contributed by atoms with Gasteiger partial charge >= 0.3 is 0 Å². The first-order valence-electron chi connectivity index (χ1n) is 15.7. The van der Waals surface area contributed by atoms with E-state index in [1.807, 2.05) is 54.6 Å². The number of fused-ring (bicyclic) bond motifs is 2. The van der Waals surface area contributed by atoms with E-state index in [1.165, 1.54) is 11.3 Å². The van der Waals surface area contributed by atoms with Crippen LogP contribution in [0, 0.1) is 29.1 Å². The number of benzene rings is 2. The van der Waals surface area contributed by atoms with Crippen molar-refractivity contribution in [1.29, 1.82) is 0 Å². The number of carbonyl (C=O) groups is 5. The molecular formula is C34H37N5O5S. The lowest BCUT2D eigenvalue weighted by molar-refractivity contribution is -0.143. The van der Waals surface area contributed by atoms with Gasteiger partial charge in [-0.3, -0.25) is 24.0 Å². The van der Waals surface area contributed by atoms with Gasteiger partial charge < -0.3 is 20.4 Å². The van der Waals surface area contributed by atoms with Crippen LogP contribution in [0.3, 0.4) is 0 Å². The summed E-state index contributed by atoms with van der Waals surface area (Å²) >= 11 is 1.27. The van der Waals surface area contributed by atoms with E-state index in [0.29, 0.717) is 38.1 Å². The quantitative estimate of drug-likeness (QED) is 0.351. The fourth-order valence-electron chi connectivity index (χ4n) is 7.71. The lowest BCUT2D eigenvalue weighted by atomic mass is 9.94. The minimum atomic E-state index is -0.959. The number of thiazole rings is 1. The van der Waals surface area contributed by atoms with E-state index in [2.05, 4.69) is 29.5 Å². The van der Waals surface area contributed by atoms with E-state index in [9.17, 15) is 24.0 Å². The van der Waals surface area contributed by atoms with Crippen LogP contribution in [0.2, 0.25) is 0 Å². The van der Waals surface area contributed by atoms with Gasteiger partial charge in [0.2, 0.25) is 29.4 Å². The minimum absolute atomic E-state index is 0.0491. The van der Waals surface area contributed by atoms with E-state index in [1.54, 1.807) is 9.80 Å². The standard InChI is InChI=1S/C34H37N5O5S/c1-34(2)22-18-39(33(44)21-15-26(40)38(17-21)16-19-8-4-3-5-9-19)28(27(22)34)31(43)36-24(14-20-12-13-35-30(20)42)29(41)32-37-23-10-6-7-11-25(23)45-32/h3-11,20-22,24,27-28H,12-18H2,1-2H3,(H,35,42)(H,36,43)/t20-,21+,22-,24-,27-,28-/m0/s1. The van der Waals surface area contributed by atoms with Crippen molar-refractivity contribution in [3.8, 4) is 0 Å². The molecule has 4 aliphatic rings. The summed E-state index contributed by atoms with van der Waals surface area (Å²) in [6.45, 7) is 5.94. The van der Waals surface area contributed by atoms with Crippen LogP contribution in [0.5, 0.6) is 0 Å². The molecule has 0 unspecified atom stereocenters.